The van der Waals surface area contributed by atoms with Crippen LogP contribution < -0.4 is 15.0 Å². The summed E-state index contributed by atoms with van der Waals surface area (Å²) in [5, 5.41) is 18.0. The Morgan fingerprint density at radius 3 is 2.77 bits per heavy atom. The van der Waals surface area contributed by atoms with Crippen LogP contribution in [-0.4, -0.2) is 52.6 Å². The number of nitrogens with one attached hydrogen (secondary N) is 1. The second-order valence-corrected chi connectivity index (χ2v) is 8.93. The van der Waals surface area contributed by atoms with E-state index in [-0.39, 0.29) is 11.8 Å². The van der Waals surface area contributed by atoms with Gasteiger partial charge in [0.05, 0.1) is 41.8 Å². The number of fused-ring (bicyclic) bond motifs is 1. The van der Waals surface area contributed by atoms with E-state index in [9.17, 15) is 4.79 Å². The number of rotatable bonds is 7. The molecule has 1 N–H and O–H groups in total. The predicted octanol–water partition coefficient (Wildman–Crippen LogP) is 3.61. The highest BCUT2D eigenvalue weighted by Gasteiger charge is 2.29. The van der Waals surface area contributed by atoms with E-state index in [1.54, 1.807) is 13.4 Å². The molecular formula is C26H30N6O3. The molecule has 9 nitrogen and oxygen atoms in total. The molecule has 0 aliphatic carbocycles. The van der Waals surface area contributed by atoms with Gasteiger partial charge in [0.1, 0.15) is 17.0 Å². The molecule has 0 radical (unpaired) electrons. The van der Waals surface area contributed by atoms with Gasteiger partial charge in [-0.2, -0.15) is 10.2 Å². The summed E-state index contributed by atoms with van der Waals surface area (Å²) in [6, 6.07) is 11.6. The van der Waals surface area contributed by atoms with Gasteiger partial charge in [-0.15, -0.1) is 5.10 Å². The van der Waals surface area contributed by atoms with Crippen molar-refractivity contribution in [1.82, 2.24) is 25.3 Å². The van der Waals surface area contributed by atoms with Gasteiger partial charge in [-0.1, -0.05) is 0 Å². The highest BCUT2D eigenvalue weighted by atomic mass is 16.5. The van der Waals surface area contributed by atoms with Crippen LogP contribution in [0.1, 0.15) is 30.0 Å². The second-order valence-electron chi connectivity index (χ2n) is 8.93. The number of amides is 1. The van der Waals surface area contributed by atoms with E-state index in [1.807, 2.05) is 54.9 Å². The van der Waals surface area contributed by atoms with Crippen LogP contribution in [0.4, 0.5) is 5.82 Å². The topological polar surface area (TPSA) is 98.3 Å². The van der Waals surface area contributed by atoms with Gasteiger partial charge in [-0.05, 0) is 63.1 Å². The largest absolute Gasteiger partial charge is 0.497 e. The molecule has 9 heteroatoms. The number of carbonyl (C=O) groups is 1. The van der Waals surface area contributed by atoms with E-state index in [1.165, 1.54) is 0 Å². The third-order valence-corrected chi connectivity index (χ3v) is 6.64. The molecule has 1 fully saturated rings. The fourth-order valence-electron chi connectivity index (χ4n) is 4.79. The summed E-state index contributed by atoms with van der Waals surface area (Å²) in [4.78, 5) is 15.0. The van der Waals surface area contributed by atoms with E-state index in [4.69, 9.17) is 14.3 Å². The smallest absolute Gasteiger partial charge is 0.224 e. The van der Waals surface area contributed by atoms with Crippen LogP contribution in [0.5, 0.6) is 5.75 Å². The molecule has 0 bridgehead atoms. The number of hydrogen-bond acceptors (Lipinski definition) is 7. The average molecular weight is 475 g/mol. The lowest BCUT2D eigenvalue weighted by Gasteiger charge is -2.32. The van der Waals surface area contributed by atoms with Crippen molar-refractivity contribution in [2.24, 2.45) is 5.92 Å². The van der Waals surface area contributed by atoms with Crippen molar-refractivity contribution in [2.45, 2.75) is 33.1 Å². The Morgan fingerprint density at radius 2 is 2.03 bits per heavy atom. The SMILES string of the molecule is COc1ccc(-n2nc3c(N4CCCC(C(=O)NCCc5ccco5)C4)nnc(C)c3c2C)cc1. The first kappa shape index (κ1) is 22.9. The second kappa shape index (κ2) is 9.77. The van der Waals surface area contributed by atoms with Gasteiger partial charge in [-0.3, -0.25) is 4.79 Å². The summed E-state index contributed by atoms with van der Waals surface area (Å²) in [5.41, 5.74) is 3.59. The lowest BCUT2D eigenvalue weighted by Crippen LogP contribution is -2.44. The maximum absolute atomic E-state index is 12.9. The summed E-state index contributed by atoms with van der Waals surface area (Å²) in [7, 11) is 1.65. The quantitative estimate of drug-likeness (QED) is 0.437. The van der Waals surface area contributed by atoms with Crippen LogP contribution >= 0.6 is 0 Å². The number of nitrogens with zero attached hydrogens (tertiary/aromatic N) is 5. The van der Waals surface area contributed by atoms with E-state index in [2.05, 4.69) is 20.4 Å². The fraction of sp³-hybridized carbons (Fsp3) is 0.385. The van der Waals surface area contributed by atoms with E-state index in [0.717, 1.165) is 64.7 Å². The van der Waals surface area contributed by atoms with Crippen LogP contribution in [0.3, 0.4) is 0 Å². The predicted molar refractivity (Wildman–Crippen MR) is 133 cm³/mol. The van der Waals surface area contributed by atoms with Gasteiger partial charge in [0.15, 0.2) is 5.82 Å². The first-order chi connectivity index (χ1) is 17.0. The van der Waals surface area contributed by atoms with Gasteiger partial charge in [0, 0.05) is 26.1 Å². The summed E-state index contributed by atoms with van der Waals surface area (Å²) >= 11 is 0. The number of hydrogen-bond donors (Lipinski definition) is 1. The maximum atomic E-state index is 12.9. The number of benzene rings is 1. The molecule has 3 aromatic heterocycles. The third-order valence-electron chi connectivity index (χ3n) is 6.64. The van der Waals surface area contributed by atoms with Gasteiger partial charge in [0.2, 0.25) is 5.91 Å². The fourth-order valence-corrected chi connectivity index (χ4v) is 4.79. The number of piperidine rings is 1. The molecule has 5 rings (SSSR count). The lowest BCUT2D eigenvalue weighted by atomic mass is 9.97. The van der Waals surface area contributed by atoms with Crippen molar-refractivity contribution >= 4 is 22.6 Å². The zero-order valence-corrected chi connectivity index (χ0v) is 20.3. The highest BCUT2D eigenvalue weighted by Crippen LogP contribution is 2.32. The molecule has 4 heterocycles. The molecule has 4 aromatic rings. The normalized spacial score (nSPS) is 16.0. The minimum absolute atomic E-state index is 0.0671. The first-order valence-corrected chi connectivity index (χ1v) is 12.0. The number of anilines is 1. The van der Waals surface area contributed by atoms with E-state index < -0.39 is 0 Å². The summed E-state index contributed by atoms with van der Waals surface area (Å²) in [5.74, 6) is 2.36. The van der Waals surface area contributed by atoms with Gasteiger partial charge < -0.3 is 19.4 Å². The van der Waals surface area contributed by atoms with E-state index in [0.29, 0.717) is 19.5 Å². The molecule has 1 aromatic carbocycles. The number of aromatic nitrogens is 4. The van der Waals surface area contributed by atoms with Crippen LogP contribution in [0.25, 0.3) is 16.6 Å². The van der Waals surface area contributed by atoms with Gasteiger partial charge in [-0.25, -0.2) is 4.68 Å². The monoisotopic (exact) mass is 474 g/mol. The highest BCUT2D eigenvalue weighted by molar-refractivity contribution is 5.92. The molecule has 182 valence electrons. The maximum Gasteiger partial charge on any atom is 0.224 e. The molecule has 1 unspecified atom stereocenters. The van der Waals surface area contributed by atoms with Gasteiger partial charge in [0.25, 0.3) is 0 Å². The van der Waals surface area contributed by atoms with Crippen LogP contribution in [-0.2, 0) is 11.2 Å². The Hall–Kier alpha value is -3.88. The van der Waals surface area contributed by atoms with Crippen molar-refractivity contribution in [3.05, 3.63) is 59.8 Å². The lowest BCUT2D eigenvalue weighted by molar-refractivity contribution is -0.125. The minimum atomic E-state index is -0.108. The van der Waals surface area contributed by atoms with Crippen LogP contribution in [0.2, 0.25) is 0 Å². The summed E-state index contributed by atoms with van der Waals surface area (Å²) in [6.07, 6.45) is 4.09. The van der Waals surface area contributed by atoms with Crippen molar-refractivity contribution in [1.29, 1.82) is 0 Å². The van der Waals surface area contributed by atoms with Crippen molar-refractivity contribution in [3.63, 3.8) is 0 Å². The van der Waals surface area contributed by atoms with E-state index >= 15 is 0 Å². The molecule has 1 aliphatic rings. The third kappa shape index (κ3) is 4.58. The number of aryl methyl sites for hydroxylation is 2. The van der Waals surface area contributed by atoms with Crippen molar-refractivity contribution < 1.29 is 13.9 Å². The Kier molecular flexibility index (Phi) is 6.39. The first-order valence-electron chi connectivity index (χ1n) is 12.0. The molecule has 1 saturated heterocycles. The molecule has 0 saturated carbocycles. The molecular weight excluding hydrogens is 444 g/mol. The number of methoxy groups -OCH3 is 1. The molecule has 1 aliphatic heterocycles. The molecule has 0 spiro atoms. The Bertz CT molecular complexity index is 1310. The van der Waals surface area contributed by atoms with Crippen molar-refractivity contribution in [3.8, 4) is 11.4 Å². The van der Waals surface area contributed by atoms with Crippen LogP contribution in [0, 0.1) is 19.8 Å². The standard InChI is InChI=1S/C26H30N6O3/c1-17-23-18(2)32(20-8-10-21(34-3)11-9-20)30-24(23)25(29-28-17)31-14-4-6-19(16-31)26(33)27-13-12-22-7-5-15-35-22/h5,7-11,15,19H,4,6,12-14,16H2,1-3H3,(H,27,33). The summed E-state index contributed by atoms with van der Waals surface area (Å²) < 4.78 is 12.6. The average Bonchev–Trinajstić information content (AvgIpc) is 3.53. The molecule has 35 heavy (non-hydrogen) atoms. The van der Waals surface area contributed by atoms with Gasteiger partial charge >= 0.3 is 0 Å². The molecule has 1 amide bonds. The molecule has 1 atom stereocenters. The number of furan rings is 1. The summed E-state index contributed by atoms with van der Waals surface area (Å²) in [6.45, 7) is 5.97. The zero-order chi connectivity index (χ0) is 24.4. The van der Waals surface area contributed by atoms with Crippen LogP contribution in [0.15, 0.2) is 47.1 Å². The zero-order valence-electron chi connectivity index (χ0n) is 20.3. The number of carbonyl (C=O) groups excluding carboxylic acids is 1. The Balaban J connectivity index is 1.37. The Labute approximate surface area is 204 Å². The Morgan fingerprint density at radius 1 is 1.20 bits per heavy atom. The van der Waals surface area contributed by atoms with Crippen molar-refractivity contribution in [2.75, 3.05) is 31.6 Å². The number of ether oxygens (including phenoxy) is 1. The minimum Gasteiger partial charge on any atom is -0.497 e.